The number of rotatable bonds is 43. The van der Waals surface area contributed by atoms with E-state index in [1.54, 1.807) is 0 Å². The molecule has 0 aromatic heterocycles. The predicted octanol–water partition coefficient (Wildman–Crippen LogP) is 12.3. The molecule has 0 radical (unpaired) electrons. The van der Waals surface area contributed by atoms with E-state index in [1.165, 1.54) is 109 Å². The molecule has 3 N–H and O–H groups in total. The molecule has 3 atom stereocenters. The quantitative estimate of drug-likeness (QED) is 0.0235. The van der Waals surface area contributed by atoms with Crippen molar-refractivity contribution in [2.75, 3.05) is 26.4 Å². The zero-order valence-electron chi connectivity index (χ0n) is 36.3. The summed E-state index contributed by atoms with van der Waals surface area (Å²) >= 11 is 0. The number of hydrogen-bond donors (Lipinski definition) is 3. The van der Waals surface area contributed by atoms with Crippen LogP contribution in [0.3, 0.4) is 0 Å². The van der Waals surface area contributed by atoms with Gasteiger partial charge in [0.2, 0.25) is 0 Å². The molecular formula is C46H85O10P. The molecule has 0 bridgehead atoms. The highest BCUT2D eigenvalue weighted by Gasteiger charge is 2.27. The van der Waals surface area contributed by atoms with Gasteiger partial charge in [0.1, 0.15) is 12.7 Å². The molecule has 10 nitrogen and oxygen atoms in total. The fraction of sp³-hybridized carbons (Fsp3) is 0.826. The lowest BCUT2D eigenvalue weighted by atomic mass is 10.1. The molecule has 0 rings (SSSR count). The van der Waals surface area contributed by atoms with Crippen LogP contribution in [0.2, 0.25) is 0 Å². The van der Waals surface area contributed by atoms with E-state index in [0.717, 1.165) is 57.8 Å². The highest BCUT2D eigenvalue weighted by atomic mass is 31.2. The second-order valence-electron chi connectivity index (χ2n) is 15.4. The third kappa shape index (κ3) is 42.1. The normalized spacial score (nSPS) is 14.1. The highest BCUT2D eigenvalue weighted by Crippen LogP contribution is 2.43. The molecule has 0 aromatic rings. The first-order valence-electron chi connectivity index (χ1n) is 22.9. The van der Waals surface area contributed by atoms with Crippen LogP contribution < -0.4 is 0 Å². The Balaban J connectivity index is 4.26. The van der Waals surface area contributed by atoms with Gasteiger partial charge in [-0.3, -0.25) is 18.6 Å². The van der Waals surface area contributed by atoms with Crippen LogP contribution in [0.1, 0.15) is 206 Å². The van der Waals surface area contributed by atoms with Gasteiger partial charge in [0.15, 0.2) is 6.10 Å². The maximum atomic E-state index is 12.6. The van der Waals surface area contributed by atoms with Gasteiger partial charge in [-0.2, -0.15) is 0 Å². The molecule has 0 aliphatic carbocycles. The first kappa shape index (κ1) is 55.2. The summed E-state index contributed by atoms with van der Waals surface area (Å²) in [5.74, 6) is -0.931. The van der Waals surface area contributed by atoms with Crippen molar-refractivity contribution in [3.05, 3.63) is 36.5 Å². The lowest BCUT2D eigenvalue weighted by Gasteiger charge is -2.20. The Labute approximate surface area is 348 Å². The number of carbonyl (C=O) groups excluding carboxylic acids is 2. The predicted molar refractivity (Wildman–Crippen MR) is 233 cm³/mol. The summed E-state index contributed by atoms with van der Waals surface area (Å²) < 4.78 is 32.8. The minimum Gasteiger partial charge on any atom is -0.462 e. The Morgan fingerprint density at radius 3 is 1.40 bits per heavy atom. The molecule has 0 saturated carbocycles. The molecule has 0 amide bonds. The van der Waals surface area contributed by atoms with Gasteiger partial charge in [-0.05, 0) is 70.6 Å². The van der Waals surface area contributed by atoms with E-state index >= 15 is 0 Å². The van der Waals surface area contributed by atoms with Crippen molar-refractivity contribution in [2.45, 2.75) is 219 Å². The van der Waals surface area contributed by atoms with E-state index in [2.05, 4.69) is 50.3 Å². The van der Waals surface area contributed by atoms with Gasteiger partial charge in [-0.15, -0.1) is 0 Å². The van der Waals surface area contributed by atoms with E-state index in [0.29, 0.717) is 12.8 Å². The van der Waals surface area contributed by atoms with Crippen LogP contribution in [0.25, 0.3) is 0 Å². The third-order valence-electron chi connectivity index (χ3n) is 9.77. The maximum absolute atomic E-state index is 12.6. The van der Waals surface area contributed by atoms with Crippen molar-refractivity contribution < 1.29 is 47.8 Å². The minimum atomic E-state index is -4.62. The van der Waals surface area contributed by atoms with Crippen LogP contribution >= 0.6 is 7.82 Å². The summed E-state index contributed by atoms with van der Waals surface area (Å²) in [5, 5.41) is 18.3. The molecule has 0 fully saturated rings. The van der Waals surface area contributed by atoms with Crippen molar-refractivity contribution in [2.24, 2.45) is 0 Å². The van der Waals surface area contributed by atoms with Crippen LogP contribution in [-0.4, -0.2) is 65.7 Å². The summed E-state index contributed by atoms with van der Waals surface area (Å²) in [4.78, 5) is 35.0. The Bertz CT molecular complexity index is 1050. The molecule has 0 aliphatic rings. The van der Waals surface area contributed by atoms with Crippen LogP contribution in [0.5, 0.6) is 0 Å². The molecule has 57 heavy (non-hydrogen) atoms. The highest BCUT2D eigenvalue weighted by molar-refractivity contribution is 7.47. The minimum absolute atomic E-state index is 0.179. The van der Waals surface area contributed by atoms with Gasteiger partial charge in [0.25, 0.3) is 0 Å². The van der Waals surface area contributed by atoms with Crippen molar-refractivity contribution in [3.63, 3.8) is 0 Å². The Hall–Kier alpha value is -1.81. The van der Waals surface area contributed by atoms with Crippen molar-refractivity contribution >= 4 is 19.8 Å². The van der Waals surface area contributed by atoms with Crippen LogP contribution in [-0.2, 0) is 32.7 Å². The fourth-order valence-electron chi connectivity index (χ4n) is 6.19. The second-order valence-corrected chi connectivity index (χ2v) is 16.9. The summed E-state index contributed by atoms with van der Waals surface area (Å²) in [6.07, 6.45) is 43.9. The average Bonchev–Trinajstić information content (AvgIpc) is 3.20. The molecule has 1 unspecified atom stereocenters. The number of phosphoric ester groups is 1. The van der Waals surface area contributed by atoms with Gasteiger partial charge in [-0.1, -0.05) is 159 Å². The fourth-order valence-corrected chi connectivity index (χ4v) is 6.98. The summed E-state index contributed by atoms with van der Waals surface area (Å²) in [6, 6.07) is 0. The number of phosphoric acid groups is 1. The van der Waals surface area contributed by atoms with Gasteiger partial charge in [-0.25, -0.2) is 4.57 Å². The molecule has 0 saturated heterocycles. The molecule has 0 spiro atoms. The van der Waals surface area contributed by atoms with Gasteiger partial charge < -0.3 is 24.6 Å². The maximum Gasteiger partial charge on any atom is 0.472 e. The van der Waals surface area contributed by atoms with Crippen molar-refractivity contribution in [1.29, 1.82) is 0 Å². The van der Waals surface area contributed by atoms with Crippen LogP contribution in [0, 0.1) is 0 Å². The van der Waals surface area contributed by atoms with Crippen molar-refractivity contribution in [1.82, 2.24) is 0 Å². The van der Waals surface area contributed by atoms with Crippen LogP contribution in [0.4, 0.5) is 0 Å². The van der Waals surface area contributed by atoms with E-state index in [1.807, 2.05) is 0 Å². The molecule has 0 heterocycles. The Morgan fingerprint density at radius 2 is 0.912 bits per heavy atom. The monoisotopic (exact) mass is 829 g/mol. The SMILES string of the molecule is CCCCC/C=C/C/C=C/CCCCCCCCCCCC(=O)O[C@H](COC(=O)CCCCCCCCC/C=C/CCCCCC)COP(=O)(O)OC[C@@H](O)CO. The van der Waals surface area contributed by atoms with Gasteiger partial charge >= 0.3 is 19.8 Å². The number of hydrogen-bond acceptors (Lipinski definition) is 9. The number of aliphatic hydroxyl groups excluding tert-OH is 2. The van der Waals surface area contributed by atoms with Gasteiger partial charge in [0, 0.05) is 12.8 Å². The lowest BCUT2D eigenvalue weighted by Crippen LogP contribution is -2.29. The molecule has 0 aliphatic heterocycles. The third-order valence-corrected chi connectivity index (χ3v) is 10.7. The molecule has 11 heteroatoms. The van der Waals surface area contributed by atoms with E-state index in [-0.39, 0.29) is 19.4 Å². The lowest BCUT2D eigenvalue weighted by molar-refractivity contribution is -0.161. The Kier molecular flexibility index (Phi) is 41.0. The van der Waals surface area contributed by atoms with E-state index < -0.39 is 51.8 Å². The number of allylic oxidation sites excluding steroid dienone is 6. The number of carbonyl (C=O) groups is 2. The standard InChI is InChI=1S/C46H85O10P/c1-3-5-7-9-11-13-15-17-19-20-21-22-24-26-28-30-32-34-36-38-46(50)56-44(42-55-57(51,52)54-40-43(48)39-47)41-53-45(49)37-35-33-31-29-27-25-23-18-16-14-12-10-8-6-4-2/h11,13-14,16-17,19,43-44,47-48H,3-10,12,15,18,20-42H2,1-2H3,(H,51,52)/b13-11+,16-14+,19-17+/t43-,44+/m0/s1. The largest absolute Gasteiger partial charge is 0.472 e. The number of unbranched alkanes of at least 4 members (excludes halogenated alkanes) is 23. The number of ether oxygens (including phenoxy) is 2. The smallest absolute Gasteiger partial charge is 0.462 e. The summed E-state index contributed by atoms with van der Waals surface area (Å²) in [6.45, 7) is 2.35. The molecule has 334 valence electrons. The van der Waals surface area contributed by atoms with E-state index in [4.69, 9.17) is 23.6 Å². The second kappa shape index (κ2) is 42.3. The first-order chi connectivity index (χ1) is 27.7. The summed E-state index contributed by atoms with van der Waals surface area (Å²) in [5.41, 5.74) is 0. The molecular weight excluding hydrogens is 743 g/mol. The first-order valence-corrected chi connectivity index (χ1v) is 24.4. The van der Waals surface area contributed by atoms with Crippen molar-refractivity contribution in [3.8, 4) is 0 Å². The molecule has 0 aromatic carbocycles. The average molecular weight is 829 g/mol. The topological polar surface area (TPSA) is 149 Å². The zero-order chi connectivity index (χ0) is 41.9. The van der Waals surface area contributed by atoms with E-state index in [9.17, 15) is 24.2 Å². The number of esters is 2. The Morgan fingerprint density at radius 1 is 0.526 bits per heavy atom. The van der Waals surface area contributed by atoms with Gasteiger partial charge in [0.05, 0.1) is 19.8 Å². The zero-order valence-corrected chi connectivity index (χ0v) is 37.2. The van der Waals surface area contributed by atoms with Crippen LogP contribution in [0.15, 0.2) is 36.5 Å². The number of aliphatic hydroxyl groups is 2. The summed E-state index contributed by atoms with van der Waals surface area (Å²) in [7, 11) is -4.62.